The van der Waals surface area contributed by atoms with Gasteiger partial charge in [0.15, 0.2) is 0 Å². The highest BCUT2D eigenvalue weighted by Crippen LogP contribution is 1.87. The van der Waals surface area contributed by atoms with Crippen LogP contribution in [0.3, 0.4) is 0 Å². The predicted octanol–water partition coefficient (Wildman–Crippen LogP) is 0.293. The first kappa shape index (κ1) is 4.66. The lowest BCUT2D eigenvalue weighted by Crippen LogP contribution is -2.20. The summed E-state index contributed by atoms with van der Waals surface area (Å²) in [6, 6.07) is 0. The largest absolute Gasteiger partial charge is 0.542 e. The zero-order valence-electron chi connectivity index (χ0n) is 4.04. The highest BCUT2D eigenvalue weighted by atomic mass is 15.0. The molecule has 0 aromatic carbocycles. The predicted molar refractivity (Wildman–Crippen MR) is 31.0 cm³/mol. The van der Waals surface area contributed by atoms with Gasteiger partial charge in [-0.05, 0) is 12.2 Å². The Balaban J connectivity index is 2.49. The first-order valence-corrected chi connectivity index (χ1v) is 2.24. The number of allylic oxidation sites excluding steroid dienone is 2. The first-order chi connectivity index (χ1) is 3.39. The number of rotatable bonds is 0. The lowest BCUT2D eigenvalue weighted by molar-refractivity contribution is 0.841. The monoisotopic (exact) mass is 91.1 g/mol. The Kier molecular flexibility index (Phi) is 1.32. The summed E-state index contributed by atoms with van der Waals surface area (Å²) in [5.41, 5.74) is 0. The first-order valence-electron chi connectivity index (χ1n) is 2.24. The van der Waals surface area contributed by atoms with Crippen molar-refractivity contribution in [3.8, 4) is 0 Å². The van der Waals surface area contributed by atoms with E-state index in [1.54, 1.807) is 4.81 Å². The Morgan fingerprint density at radius 1 is 1.43 bits per heavy atom. The molecule has 0 atom stereocenters. The summed E-state index contributed by atoms with van der Waals surface area (Å²) in [5.74, 6) is 0. The summed E-state index contributed by atoms with van der Waals surface area (Å²) in [6.07, 6.45) is 7.72. The van der Waals surface area contributed by atoms with Crippen molar-refractivity contribution in [2.24, 2.45) is 0 Å². The van der Waals surface area contributed by atoms with E-state index < -0.39 is 0 Å². The van der Waals surface area contributed by atoms with Crippen molar-refractivity contribution >= 4 is 7.98 Å². The second-order valence-electron chi connectivity index (χ2n) is 1.47. The maximum Gasteiger partial charge on any atom is 0.542 e. The third kappa shape index (κ3) is 1.20. The smallest absolute Gasteiger partial charge is 0.221 e. The van der Waals surface area contributed by atoms with Crippen LogP contribution in [0.1, 0.15) is 0 Å². The third-order valence-corrected chi connectivity index (χ3v) is 0.841. The topological polar surface area (TPSA) is 5.90 Å². The van der Waals surface area contributed by atoms with Crippen molar-refractivity contribution in [1.29, 1.82) is 0 Å². The lowest BCUT2D eigenvalue weighted by atomic mass is 10.2. The van der Waals surface area contributed by atoms with Crippen molar-refractivity contribution < 1.29 is 0 Å². The van der Waals surface area contributed by atoms with Crippen molar-refractivity contribution in [3.05, 3.63) is 24.4 Å². The second-order valence-corrected chi connectivity index (χ2v) is 1.47. The van der Waals surface area contributed by atoms with Gasteiger partial charge in [0.05, 0.1) is 0 Å². The van der Waals surface area contributed by atoms with E-state index >= 15 is 0 Å². The Morgan fingerprint density at radius 2 is 2.29 bits per heavy atom. The van der Waals surface area contributed by atoms with Crippen LogP contribution in [0.25, 0.3) is 0 Å². The molecule has 0 fully saturated rings. The molecule has 0 saturated carbocycles. The highest BCUT2D eigenvalue weighted by molar-refractivity contribution is 6.07. The molecule has 0 unspecified atom stereocenters. The molecule has 1 rings (SSSR count). The van der Waals surface area contributed by atoms with E-state index in [-0.39, 0.29) is 0 Å². The van der Waals surface area contributed by atoms with Gasteiger partial charge in [-0.1, -0.05) is 6.08 Å². The summed E-state index contributed by atoms with van der Waals surface area (Å²) in [5, 5.41) is 0. The molecule has 0 amide bonds. The van der Waals surface area contributed by atoms with E-state index in [9.17, 15) is 0 Å². The van der Waals surface area contributed by atoms with Crippen LogP contribution >= 0.6 is 0 Å². The second kappa shape index (κ2) is 1.98. The minimum absolute atomic E-state index is 0.830. The molecule has 1 nitrogen and oxygen atoms in total. The fraction of sp³-hybridized carbons (Fsp3) is 0.200. The van der Waals surface area contributed by atoms with Crippen molar-refractivity contribution in [1.82, 2.24) is 4.81 Å². The van der Waals surface area contributed by atoms with Gasteiger partial charge in [-0.2, -0.15) is 0 Å². The Hall–Kier alpha value is -0.495. The lowest BCUT2D eigenvalue weighted by Gasteiger charge is -1.97. The molecule has 0 aliphatic carbocycles. The average molecular weight is 90.9 g/mol. The van der Waals surface area contributed by atoms with Crippen LogP contribution in [0.2, 0.25) is 0 Å². The number of nitrogens with zero attached hydrogens (tertiary/aromatic N) is 1. The molecule has 0 N–H and O–H groups in total. The van der Waals surface area contributed by atoms with E-state index in [1.165, 1.54) is 0 Å². The highest BCUT2D eigenvalue weighted by Gasteiger charge is 2.00. The van der Waals surface area contributed by atoms with Gasteiger partial charge in [-0.15, -0.1) is 0 Å². The van der Waals surface area contributed by atoms with Gasteiger partial charge in [0.1, 0.15) is 12.7 Å². The normalized spacial score (nSPS) is 20.6. The Bertz CT molecular complexity index is 107. The molecule has 0 aromatic rings. The van der Waals surface area contributed by atoms with Crippen LogP contribution in [0.5, 0.6) is 0 Å². The molecule has 3 radical (unpaired) electrons. The zero-order valence-corrected chi connectivity index (χ0v) is 4.04. The van der Waals surface area contributed by atoms with Crippen LogP contribution < -0.4 is 4.81 Å². The Labute approximate surface area is 44.7 Å². The molecule has 1 aliphatic rings. The van der Waals surface area contributed by atoms with E-state index in [2.05, 4.69) is 0 Å². The van der Waals surface area contributed by atoms with E-state index in [0.29, 0.717) is 0 Å². The fourth-order valence-corrected chi connectivity index (χ4v) is 0.482. The quantitative estimate of drug-likeness (QED) is 0.378. The third-order valence-electron chi connectivity index (χ3n) is 0.841. The van der Waals surface area contributed by atoms with Crippen LogP contribution in [-0.2, 0) is 0 Å². The maximum absolute atomic E-state index is 5.33. The van der Waals surface area contributed by atoms with Gasteiger partial charge in [-0.3, -0.25) is 0 Å². The van der Waals surface area contributed by atoms with Crippen molar-refractivity contribution in [2.75, 3.05) is 6.54 Å². The van der Waals surface area contributed by atoms with Gasteiger partial charge >= 0.3 is 7.98 Å². The molecular weight excluding hydrogens is 84.9 g/mol. The van der Waals surface area contributed by atoms with E-state index in [4.69, 9.17) is 7.98 Å². The summed E-state index contributed by atoms with van der Waals surface area (Å²) in [7, 11) is 5.33. The van der Waals surface area contributed by atoms with Gasteiger partial charge in [0, 0.05) is 0 Å². The van der Waals surface area contributed by atoms with Crippen LogP contribution in [-0.4, -0.2) is 14.5 Å². The van der Waals surface area contributed by atoms with E-state index in [1.807, 2.05) is 24.4 Å². The standard InChI is InChI=1S/C5H6BN/c6-7-4-2-1-3-5-7/h1-4H,5H2/q+1. The Morgan fingerprint density at radius 3 is 2.57 bits per heavy atom. The minimum Gasteiger partial charge on any atom is -0.221 e. The average Bonchev–Trinajstić information content (AvgIpc) is 1.69. The summed E-state index contributed by atoms with van der Waals surface area (Å²) >= 11 is 0. The molecule has 1 heterocycles. The minimum atomic E-state index is 0.830. The van der Waals surface area contributed by atoms with Gasteiger partial charge in [0.25, 0.3) is 0 Å². The molecule has 0 saturated heterocycles. The summed E-state index contributed by atoms with van der Waals surface area (Å²) in [6.45, 7) is 0.830. The zero-order chi connectivity index (χ0) is 5.11. The van der Waals surface area contributed by atoms with Crippen LogP contribution in [0.4, 0.5) is 0 Å². The van der Waals surface area contributed by atoms with E-state index in [0.717, 1.165) is 6.54 Å². The molecule has 0 spiro atoms. The van der Waals surface area contributed by atoms with Gasteiger partial charge < -0.3 is 0 Å². The molecule has 2 heteroatoms. The fourth-order valence-electron chi connectivity index (χ4n) is 0.482. The molecule has 1 aliphatic heterocycles. The summed E-state index contributed by atoms with van der Waals surface area (Å²) < 4.78 is 0. The molecule has 0 aromatic heterocycles. The molecular formula is C5H6BN+. The number of hydrogen-bond acceptors (Lipinski definition) is 1. The van der Waals surface area contributed by atoms with Crippen molar-refractivity contribution in [3.63, 3.8) is 0 Å². The van der Waals surface area contributed by atoms with Crippen molar-refractivity contribution in [2.45, 2.75) is 0 Å². The molecule has 0 bridgehead atoms. The number of hydrogen-bond donors (Lipinski definition) is 0. The van der Waals surface area contributed by atoms with Gasteiger partial charge in [-0.25, -0.2) is 4.81 Å². The molecule has 33 valence electrons. The van der Waals surface area contributed by atoms with Crippen LogP contribution in [0, 0.1) is 0 Å². The summed E-state index contributed by atoms with van der Waals surface area (Å²) in [4.78, 5) is 1.62. The SMILES string of the molecule is [B][N+]1C=CC=CC1. The van der Waals surface area contributed by atoms with Crippen LogP contribution in [0.15, 0.2) is 24.4 Å². The maximum atomic E-state index is 5.33. The molecule has 7 heavy (non-hydrogen) atoms. The van der Waals surface area contributed by atoms with Gasteiger partial charge in [0.2, 0.25) is 0 Å².